The molecule has 6 heteroatoms. The molecular formula is C8H5BrF4O. The first-order valence-corrected chi connectivity index (χ1v) is 4.31. The number of aliphatic hydroxyl groups is 1. The van der Waals surface area contributed by atoms with Gasteiger partial charge in [0.2, 0.25) is 0 Å². The van der Waals surface area contributed by atoms with Gasteiger partial charge in [-0.25, -0.2) is 4.39 Å². The van der Waals surface area contributed by atoms with Gasteiger partial charge in [0.15, 0.2) is 6.10 Å². The summed E-state index contributed by atoms with van der Waals surface area (Å²) in [7, 11) is 0. The van der Waals surface area contributed by atoms with E-state index in [-0.39, 0.29) is 4.47 Å². The van der Waals surface area contributed by atoms with Gasteiger partial charge in [-0.1, -0.05) is 6.07 Å². The van der Waals surface area contributed by atoms with E-state index in [4.69, 9.17) is 5.11 Å². The van der Waals surface area contributed by atoms with Crippen molar-refractivity contribution in [3.8, 4) is 0 Å². The molecule has 14 heavy (non-hydrogen) atoms. The van der Waals surface area contributed by atoms with Crippen LogP contribution in [0.4, 0.5) is 17.6 Å². The largest absolute Gasteiger partial charge is 0.418 e. The van der Waals surface area contributed by atoms with Crippen molar-refractivity contribution >= 4 is 15.9 Å². The van der Waals surface area contributed by atoms with E-state index >= 15 is 0 Å². The van der Waals surface area contributed by atoms with Crippen LogP contribution in [0, 0.1) is 5.82 Å². The summed E-state index contributed by atoms with van der Waals surface area (Å²) in [6.07, 6.45) is -7.32. The van der Waals surface area contributed by atoms with E-state index in [9.17, 15) is 17.6 Å². The van der Waals surface area contributed by atoms with E-state index in [2.05, 4.69) is 15.9 Å². The number of hydrogen-bond donors (Lipinski definition) is 1. The third-order valence-electron chi connectivity index (χ3n) is 1.57. The summed E-state index contributed by atoms with van der Waals surface area (Å²) in [5.74, 6) is -0.678. The van der Waals surface area contributed by atoms with Crippen LogP contribution in [0.15, 0.2) is 22.7 Å². The predicted octanol–water partition coefficient (Wildman–Crippen LogP) is 3.18. The predicted molar refractivity (Wildman–Crippen MR) is 45.1 cm³/mol. The number of halogens is 5. The van der Waals surface area contributed by atoms with E-state index in [0.717, 1.165) is 18.2 Å². The van der Waals surface area contributed by atoms with E-state index in [1.807, 2.05) is 0 Å². The Bertz CT molecular complexity index is 337. The van der Waals surface area contributed by atoms with Crippen molar-refractivity contribution in [2.75, 3.05) is 0 Å². The van der Waals surface area contributed by atoms with Gasteiger partial charge >= 0.3 is 6.18 Å². The second-order valence-corrected chi connectivity index (χ2v) is 3.47. The van der Waals surface area contributed by atoms with E-state index in [1.54, 1.807) is 0 Å². The summed E-state index contributed by atoms with van der Waals surface area (Å²) in [5, 5.41) is 8.80. The molecule has 0 spiro atoms. The highest BCUT2D eigenvalue weighted by Crippen LogP contribution is 2.33. The first-order valence-electron chi connectivity index (χ1n) is 3.52. The van der Waals surface area contributed by atoms with Gasteiger partial charge in [0, 0.05) is 0 Å². The van der Waals surface area contributed by atoms with Crippen LogP contribution in [0.2, 0.25) is 0 Å². The van der Waals surface area contributed by atoms with Gasteiger partial charge in [-0.3, -0.25) is 0 Å². The molecule has 1 atom stereocenters. The van der Waals surface area contributed by atoms with Crippen LogP contribution in [-0.4, -0.2) is 11.3 Å². The molecule has 0 amide bonds. The van der Waals surface area contributed by atoms with Gasteiger partial charge in [0.05, 0.1) is 4.47 Å². The zero-order chi connectivity index (χ0) is 10.9. The lowest BCUT2D eigenvalue weighted by Gasteiger charge is -2.14. The Kier molecular flexibility index (Phi) is 3.16. The Morgan fingerprint density at radius 2 is 1.86 bits per heavy atom. The Labute approximate surface area is 85.5 Å². The van der Waals surface area contributed by atoms with Crippen molar-refractivity contribution in [1.82, 2.24) is 0 Å². The summed E-state index contributed by atoms with van der Waals surface area (Å²) in [6, 6.07) is 2.64. The average Bonchev–Trinajstić information content (AvgIpc) is 2.07. The van der Waals surface area contributed by atoms with Crippen molar-refractivity contribution in [3.05, 3.63) is 34.1 Å². The molecular weight excluding hydrogens is 268 g/mol. The summed E-state index contributed by atoms with van der Waals surface area (Å²) in [4.78, 5) is 0. The van der Waals surface area contributed by atoms with E-state index in [1.165, 1.54) is 0 Å². The Balaban J connectivity index is 3.03. The molecule has 0 saturated carbocycles. The second-order valence-electron chi connectivity index (χ2n) is 2.62. The monoisotopic (exact) mass is 272 g/mol. The lowest BCUT2D eigenvalue weighted by Crippen LogP contribution is -2.20. The number of benzene rings is 1. The number of alkyl halides is 3. The van der Waals surface area contributed by atoms with Crippen molar-refractivity contribution in [2.24, 2.45) is 0 Å². The van der Waals surface area contributed by atoms with Crippen LogP contribution in [-0.2, 0) is 0 Å². The maximum absolute atomic E-state index is 12.6. The van der Waals surface area contributed by atoms with Crippen molar-refractivity contribution in [2.45, 2.75) is 12.3 Å². The average molecular weight is 273 g/mol. The molecule has 0 bridgehead atoms. The van der Waals surface area contributed by atoms with Gasteiger partial charge in [-0.15, -0.1) is 0 Å². The minimum atomic E-state index is -4.74. The highest BCUT2D eigenvalue weighted by molar-refractivity contribution is 9.10. The molecule has 1 nitrogen and oxygen atoms in total. The highest BCUT2D eigenvalue weighted by atomic mass is 79.9. The van der Waals surface area contributed by atoms with Crippen molar-refractivity contribution in [1.29, 1.82) is 0 Å². The van der Waals surface area contributed by atoms with Gasteiger partial charge in [0.25, 0.3) is 0 Å². The fourth-order valence-electron chi connectivity index (χ4n) is 0.871. The Morgan fingerprint density at radius 1 is 1.29 bits per heavy atom. The Hall–Kier alpha value is -0.620. The molecule has 78 valence electrons. The third-order valence-corrected chi connectivity index (χ3v) is 2.18. The van der Waals surface area contributed by atoms with Crippen LogP contribution in [0.1, 0.15) is 11.7 Å². The minimum absolute atomic E-state index is 0.113. The summed E-state index contributed by atoms with van der Waals surface area (Å²) < 4.78 is 48.6. The van der Waals surface area contributed by atoms with Crippen LogP contribution < -0.4 is 0 Å². The molecule has 0 aliphatic heterocycles. The van der Waals surface area contributed by atoms with Crippen LogP contribution >= 0.6 is 15.9 Å². The first-order chi connectivity index (χ1) is 6.32. The fourth-order valence-corrected chi connectivity index (χ4v) is 1.27. The topological polar surface area (TPSA) is 20.2 Å². The molecule has 0 saturated heterocycles. The smallest absolute Gasteiger partial charge is 0.379 e. The molecule has 0 aliphatic rings. The zero-order valence-electron chi connectivity index (χ0n) is 6.65. The van der Waals surface area contributed by atoms with Gasteiger partial charge in [-0.2, -0.15) is 13.2 Å². The molecule has 1 aromatic carbocycles. The standard InChI is InChI=1S/C8H5BrF4O/c9-5-3-4(1-2-6(5)10)7(14)8(11,12)13/h1-3,7,14H/t7-/m1/s1. The molecule has 0 radical (unpaired) electrons. The summed E-state index contributed by atoms with van der Waals surface area (Å²) in [5.41, 5.74) is -0.397. The lowest BCUT2D eigenvalue weighted by atomic mass is 10.1. The molecule has 1 N–H and O–H groups in total. The Morgan fingerprint density at radius 3 is 2.29 bits per heavy atom. The molecule has 1 aromatic rings. The zero-order valence-corrected chi connectivity index (χ0v) is 8.23. The van der Waals surface area contributed by atoms with Crippen molar-refractivity contribution in [3.63, 3.8) is 0 Å². The first kappa shape index (κ1) is 11.5. The van der Waals surface area contributed by atoms with Gasteiger partial charge < -0.3 is 5.11 Å². The maximum atomic E-state index is 12.6. The summed E-state index contributed by atoms with van der Waals surface area (Å²) in [6.45, 7) is 0. The lowest BCUT2D eigenvalue weighted by molar-refractivity contribution is -0.206. The van der Waals surface area contributed by atoms with Gasteiger partial charge in [-0.05, 0) is 33.6 Å². The van der Waals surface area contributed by atoms with Crippen LogP contribution in [0.3, 0.4) is 0 Å². The number of rotatable bonds is 1. The number of aliphatic hydroxyl groups excluding tert-OH is 1. The van der Waals surface area contributed by atoms with Crippen LogP contribution in [0.25, 0.3) is 0 Å². The number of hydrogen-bond acceptors (Lipinski definition) is 1. The SMILES string of the molecule is O[C@H](c1ccc(F)c(Br)c1)C(F)(F)F. The molecule has 0 heterocycles. The molecule has 0 fully saturated rings. The van der Waals surface area contributed by atoms with Crippen LogP contribution in [0.5, 0.6) is 0 Å². The summed E-state index contributed by atoms with van der Waals surface area (Å²) >= 11 is 2.73. The van der Waals surface area contributed by atoms with Gasteiger partial charge in [0.1, 0.15) is 5.82 Å². The molecule has 0 unspecified atom stereocenters. The van der Waals surface area contributed by atoms with E-state index < -0.39 is 23.7 Å². The normalized spacial score (nSPS) is 14.1. The maximum Gasteiger partial charge on any atom is 0.418 e. The van der Waals surface area contributed by atoms with Crippen molar-refractivity contribution < 1.29 is 22.7 Å². The fraction of sp³-hybridized carbons (Fsp3) is 0.250. The second kappa shape index (κ2) is 3.86. The van der Waals surface area contributed by atoms with E-state index in [0.29, 0.717) is 0 Å². The highest BCUT2D eigenvalue weighted by Gasteiger charge is 2.39. The molecule has 0 aliphatic carbocycles. The minimum Gasteiger partial charge on any atom is -0.379 e. The third kappa shape index (κ3) is 2.45. The molecule has 0 aromatic heterocycles. The molecule has 1 rings (SSSR count). The quantitative estimate of drug-likeness (QED) is 0.779.